The van der Waals surface area contributed by atoms with E-state index < -0.39 is 0 Å². The molecule has 2 aliphatic carbocycles. The van der Waals surface area contributed by atoms with Gasteiger partial charge in [0.1, 0.15) is 17.6 Å². The summed E-state index contributed by atoms with van der Waals surface area (Å²) in [7, 11) is 0. The zero-order valence-electron chi connectivity index (χ0n) is 10.3. The van der Waals surface area contributed by atoms with E-state index in [-0.39, 0.29) is 11.5 Å². The Morgan fingerprint density at radius 3 is 2.39 bits per heavy atom. The van der Waals surface area contributed by atoms with Crippen LogP contribution in [0.3, 0.4) is 0 Å². The Hall–Kier alpha value is -1.02. The lowest BCUT2D eigenvalue weighted by Crippen LogP contribution is -2.57. The van der Waals surface area contributed by atoms with Crippen molar-refractivity contribution in [1.29, 1.82) is 0 Å². The Morgan fingerprint density at radius 1 is 1.11 bits per heavy atom. The Kier molecular flexibility index (Phi) is 3.06. The number of hydrogen-bond acceptors (Lipinski definition) is 2. The van der Waals surface area contributed by atoms with Gasteiger partial charge in [-0.1, -0.05) is 30.9 Å². The van der Waals surface area contributed by atoms with Crippen molar-refractivity contribution in [2.75, 3.05) is 0 Å². The maximum absolute atomic E-state index is 12.0. The van der Waals surface area contributed by atoms with Gasteiger partial charge in [-0.25, -0.2) is 0 Å². The number of rotatable bonds is 2. The molecular weight excluding hydrogens is 248 g/mol. The van der Waals surface area contributed by atoms with Crippen molar-refractivity contribution in [2.24, 2.45) is 5.41 Å². The maximum Gasteiger partial charge on any atom is 0.146 e. The normalized spacial score (nSPS) is 25.8. The summed E-state index contributed by atoms with van der Waals surface area (Å²) in [5, 5.41) is 0.708. The number of ketones is 1. The quantitative estimate of drug-likeness (QED) is 0.807. The molecule has 0 aliphatic heterocycles. The lowest BCUT2D eigenvalue weighted by atomic mass is 9.57. The molecule has 0 aromatic heterocycles. The highest BCUT2D eigenvalue weighted by molar-refractivity contribution is 6.30. The maximum atomic E-state index is 12.0. The van der Waals surface area contributed by atoms with Crippen LogP contribution in [0.15, 0.2) is 24.3 Å². The molecule has 3 rings (SSSR count). The molecule has 0 N–H and O–H groups in total. The van der Waals surface area contributed by atoms with Crippen LogP contribution in [0, 0.1) is 5.41 Å². The van der Waals surface area contributed by atoms with Gasteiger partial charge in [0.2, 0.25) is 0 Å². The molecule has 1 aromatic carbocycles. The van der Waals surface area contributed by atoms with E-state index in [1.165, 1.54) is 6.42 Å². The smallest absolute Gasteiger partial charge is 0.146 e. The van der Waals surface area contributed by atoms with Crippen LogP contribution in [0.4, 0.5) is 0 Å². The van der Waals surface area contributed by atoms with Crippen molar-refractivity contribution in [1.82, 2.24) is 0 Å². The largest absolute Gasteiger partial charge is 0.489 e. The Balaban J connectivity index is 1.73. The minimum atomic E-state index is -0.169. The average molecular weight is 265 g/mol. The van der Waals surface area contributed by atoms with Gasteiger partial charge in [-0.2, -0.15) is 0 Å². The Morgan fingerprint density at radius 2 is 1.78 bits per heavy atom. The zero-order chi connectivity index (χ0) is 12.6. The minimum absolute atomic E-state index is 0.0754. The second kappa shape index (κ2) is 4.58. The summed E-state index contributed by atoms with van der Waals surface area (Å²) in [6.07, 6.45) is 6.23. The van der Waals surface area contributed by atoms with Gasteiger partial charge in [0.25, 0.3) is 0 Å². The predicted molar refractivity (Wildman–Crippen MR) is 71.0 cm³/mol. The van der Waals surface area contributed by atoms with E-state index in [1.807, 2.05) is 24.3 Å². The van der Waals surface area contributed by atoms with Crippen LogP contribution in [-0.2, 0) is 4.79 Å². The first kappa shape index (κ1) is 12.0. The van der Waals surface area contributed by atoms with Gasteiger partial charge in [0, 0.05) is 11.4 Å². The van der Waals surface area contributed by atoms with E-state index in [2.05, 4.69) is 0 Å². The third-order valence-corrected chi connectivity index (χ3v) is 4.63. The molecule has 0 bridgehead atoms. The van der Waals surface area contributed by atoms with E-state index in [1.54, 1.807) is 0 Å². The number of Topliss-reactive ketones (excluding diaryl/α,β-unsaturated/α-hetero) is 1. The highest BCUT2D eigenvalue weighted by Gasteiger charge is 2.56. The van der Waals surface area contributed by atoms with Crippen LogP contribution >= 0.6 is 11.6 Å². The van der Waals surface area contributed by atoms with Gasteiger partial charge in [-0.05, 0) is 37.1 Å². The Labute approximate surface area is 112 Å². The van der Waals surface area contributed by atoms with Gasteiger partial charge < -0.3 is 4.74 Å². The molecule has 3 heteroatoms. The number of halogens is 1. The van der Waals surface area contributed by atoms with Crippen LogP contribution < -0.4 is 4.74 Å². The highest BCUT2D eigenvalue weighted by Crippen LogP contribution is 2.50. The van der Waals surface area contributed by atoms with Gasteiger partial charge in [0.05, 0.1) is 5.41 Å². The second-order valence-electron chi connectivity index (χ2n) is 5.40. The topological polar surface area (TPSA) is 26.3 Å². The summed E-state index contributed by atoms with van der Waals surface area (Å²) in [6, 6.07) is 7.40. The SMILES string of the molecule is O=C1CC(Oc2ccc(Cl)cc2)C12CCCCC2. The van der Waals surface area contributed by atoms with Crippen molar-refractivity contribution in [3.63, 3.8) is 0 Å². The summed E-state index contributed by atoms with van der Waals surface area (Å²) >= 11 is 5.85. The first-order valence-electron chi connectivity index (χ1n) is 6.66. The van der Waals surface area contributed by atoms with Crippen molar-refractivity contribution in [3.05, 3.63) is 29.3 Å². The third-order valence-electron chi connectivity index (χ3n) is 4.38. The van der Waals surface area contributed by atoms with Crippen LogP contribution in [0.25, 0.3) is 0 Å². The fraction of sp³-hybridized carbons (Fsp3) is 0.533. The van der Waals surface area contributed by atoms with Crippen molar-refractivity contribution >= 4 is 17.4 Å². The predicted octanol–water partition coefficient (Wildman–Crippen LogP) is 4.01. The fourth-order valence-electron chi connectivity index (χ4n) is 3.23. The molecule has 2 nitrogen and oxygen atoms in total. The monoisotopic (exact) mass is 264 g/mol. The highest BCUT2D eigenvalue weighted by atomic mass is 35.5. The molecule has 2 saturated carbocycles. The fourth-order valence-corrected chi connectivity index (χ4v) is 3.36. The van der Waals surface area contributed by atoms with Crippen LogP contribution in [0.1, 0.15) is 38.5 Å². The minimum Gasteiger partial charge on any atom is -0.489 e. The average Bonchev–Trinajstić information content (AvgIpc) is 2.42. The molecule has 2 fully saturated rings. The molecule has 18 heavy (non-hydrogen) atoms. The van der Waals surface area contributed by atoms with Crippen LogP contribution in [0.2, 0.25) is 5.02 Å². The lowest BCUT2D eigenvalue weighted by Gasteiger charge is -2.49. The first-order chi connectivity index (χ1) is 8.71. The van der Waals surface area contributed by atoms with Gasteiger partial charge in [-0.15, -0.1) is 0 Å². The number of carbonyl (C=O) groups excluding carboxylic acids is 1. The number of benzene rings is 1. The number of hydrogen-bond donors (Lipinski definition) is 0. The van der Waals surface area contributed by atoms with E-state index in [9.17, 15) is 4.79 Å². The number of ether oxygens (including phenoxy) is 1. The molecule has 1 unspecified atom stereocenters. The van der Waals surface area contributed by atoms with Gasteiger partial charge in [0.15, 0.2) is 0 Å². The van der Waals surface area contributed by atoms with E-state index >= 15 is 0 Å². The summed E-state index contributed by atoms with van der Waals surface area (Å²) in [5.74, 6) is 1.23. The lowest BCUT2D eigenvalue weighted by molar-refractivity contribution is -0.156. The zero-order valence-corrected chi connectivity index (χ0v) is 11.1. The summed E-state index contributed by atoms with van der Waals surface area (Å²) in [4.78, 5) is 12.0. The Bertz CT molecular complexity index is 446. The third kappa shape index (κ3) is 1.93. The summed E-state index contributed by atoms with van der Waals surface area (Å²) < 4.78 is 5.99. The van der Waals surface area contributed by atoms with E-state index in [4.69, 9.17) is 16.3 Å². The van der Waals surface area contributed by atoms with E-state index in [0.29, 0.717) is 17.2 Å². The first-order valence-corrected chi connectivity index (χ1v) is 7.04. The molecule has 0 saturated heterocycles. The second-order valence-corrected chi connectivity index (χ2v) is 5.84. The molecule has 1 aromatic rings. The number of carbonyl (C=O) groups is 1. The molecule has 0 heterocycles. The summed E-state index contributed by atoms with van der Waals surface area (Å²) in [6.45, 7) is 0. The molecule has 2 aliphatic rings. The van der Waals surface area contributed by atoms with Crippen molar-refractivity contribution < 1.29 is 9.53 Å². The molecule has 0 amide bonds. The molecule has 1 atom stereocenters. The molecule has 96 valence electrons. The van der Waals surface area contributed by atoms with E-state index in [0.717, 1.165) is 31.4 Å². The summed E-state index contributed by atoms with van der Waals surface area (Å²) in [5.41, 5.74) is -0.169. The van der Waals surface area contributed by atoms with Crippen LogP contribution in [-0.4, -0.2) is 11.9 Å². The molecular formula is C15H17ClO2. The standard InChI is InChI=1S/C15H17ClO2/c16-11-4-6-12(7-5-11)18-14-10-13(17)15(14)8-2-1-3-9-15/h4-7,14H,1-3,8-10H2. The van der Waals surface area contributed by atoms with Crippen molar-refractivity contribution in [3.8, 4) is 5.75 Å². The molecule has 0 radical (unpaired) electrons. The van der Waals surface area contributed by atoms with Gasteiger partial charge in [-0.3, -0.25) is 4.79 Å². The van der Waals surface area contributed by atoms with Crippen LogP contribution in [0.5, 0.6) is 5.75 Å². The molecule has 1 spiro atoms. The van der Waals surface area contributed by atoms with Gasteiger partial charge >= 0.3 is 0 Å². The van der Waals surface area contributed by atoms with Crippen molar-refractivity contribution in [2.45, 2.75) is 44.6 Å².